The summed E-state index contributed by atoms with van der Waals surface area (Å²) in [4.78, 5) is 12.0. The van der Waals surface area contributed by atoms with Crippen LogP contribution in [0.2, 0.25) is 0 Å². The Morgan fingerprint density at radius 3 is 2.71 bits per heavy atom. The molecule has 0 amide bonds. The second-order valence-corrected chi connectivity index (χ2v) is 5.38. The molecule has 0 heterocycles. The Morgan fingerprint density at radius 2 is 2.21 bits per heavy atom. The van der Waals surface area contributed by atoms with Gasteiger partial charge >= 0.3 is 0 Å². The lowest BCUT2D eigenvalue weighted by Gasteiger charge is -2.35. The van der Waals surface area contributed by atoms with Gasteiger partial charge in [0.2, 0.25) is 0 Å². The number of carbonyl (C=O) groups is 1. The van der Waals surface area contributed by atoms with Gasteiger partial charge in [0, 0.05) is 6.42 Å². The maximum atomic E-state index is 12.0. The maximum Gasteiger partial charge on any atom is 0.152 e. The van der Waals surface area contributed by atoms with Crippen LogP contribution in [0.25, 0.3) is 0 Å². The molecule has 2 N–H and O–H groups in total. The van der Waals surface area contributed by atoms with E-state index in [0.29, 0.717) is 18.3 Å². The number of Topliss-reactive ketones (excluding diaryl/α,β-unsaturated/α-hetero) is 1. The summed E-state index contributed by atoms with van der Waals surface area (Å²) in [5, 5.41) is 0. The van der Waals surface area contributed by atoms with E-state index in [1.165, 1.54) is 6.42 Å². The molecule has 0 aromatic rings. The highest BCUT2D eigenvalue weighted by molar-refractivity contribution is 5.88. The molecule has 1 fully saturated rings. The number of ketones is 1. The van der Waals surface area contributed by atoms with Crippen molar-refractivity contribution < 1.29 is 4.79 Å². The standard InChI is InChI=1S/C12H23NO/c1-9(2)7-11(14)12(13)6-4-5-10(3)8-12/h9-10H,4-8,13H2,1-3H3. The van der Waals surface area contributed by atoms with Crippen LogP contribution in [0, 0.1) is 11.8 Å². The van der Waals surface area contributed by atoms with Gasteiger partial charge in [0.05, 0.1) is 5.54 Å². The molecule has 0 aromatic carbocycles. The molecule has 2 atom stereocenters. The number of hydrogen-bond acceptors (Lipinski definition) is 2. The van der Waals surface area contributed by atoms with Crippen LogP contribution in [0.1, 0.15) is 52.9 Å². The van der Waals surface area contributed by atoms with Crippen LogP contribution in [0.3, 0.4) is 0 Å². The lowest BCUT2D eigenvalue weighted by molar-refractivity contribution is -0.126. The number of rotatable bonds is 3. The Kier molecular flexibility index (Phi) is 3.71. The highest BCUT2D eigenvalue weighted by atomic mass is 16.1. The van der Waals surface area contributed by atoms with Gasteiger partial charge in [0.1, 0.15) is 0 Å². The molecule has 0 aliphatic heterocycles. The van der Waals surface area contributed by atoms with Gasteiger partial charge in [0.25, 0.3) is 0 Å². The molecule has 2 nitrogen and oxygen atoms in total. The molecule has 2 unspecified atom stereocenters. The monoisotopic (exact) mass is 197 g/mol. The van der Waals surface area contributed by atoms with Gasteiger partial charge in [-0.05, 0) is 24.7 Å². The minimum atomic E-state index is -0.498. The van der Waals surface area contributed by atoms with Gasteiger partial charge in [-0.3, -0.25) is 4.79 Å². The molecule has 1 rings (SSSR count). The topological polar surface area (TPSA) is 43.1 Å². The maximum absolute atomic E-state index is 12.0. The fraction of sp³-hybridized carbons (Fsp3) is 0.917. The quantitative estimate of drug-likeness (QED) is 0.755. The van der Waals surface area contributed by atoms with Crippen LogP contribution in [0.4, 0.5) is 0 Å². The summed E-state index contributed by atoms with van der Waals surface area (Å²) in [7, 11) is 0. The predicted molar refractivity (Wildman–Crippen MR) is 59.0 cm³/mol. The van der Waals surface area contributed by atoms with Crippen LogP contribution in [-0.4, -0.2) is 11.3 Å². The number of nitrogens with two attached hydrogens (primary N) is 1. The molecule has 2 heteroatoms. The third-order valence-corrected chi connectivity index (χ3v) is 3.18. The molecule has 1 saturated carbocycles. The number of carbonyl (C=O) groups excluding carboxylic acids is 1. The fourth-order valence-electron chi connectivity index (χ4n) is 2.42. The first kappa shape index (κ1) is 11.7. The minimum Gasteiger partial charge on any atom is -0.319 e. The second-order valence-electron chi connectivity index (χ2n) is 5.38. The zero-order valence-corrected chi connectivity index (χ0v) is 9.68. The van der Waals surface area contributed by atoms with Gasteiger partial charge in [-0.1, -0.05) is 33.6 Å². The molecule has 0 bridgehead atoms. The van der Waals surface area contributed by atoms with E-state index in [1.807, 2.05) is 0 Å². The summed E-state index contributed by atoms with van der Waals surface area (Å²) >= 11 is 0. The Balaban J connectivity index is 2.59. The molecule has 0 spiro atoms. The third kappa shape index (κ3) is 2.81. The summed E-state index contributed by atoms with van der Waals surface area (Å²) in [6.07, 6.45) is 4.76. The van der Waals surface area contributed by atoms with E-state index in [-0.39, 0.29) is 5.78 Å². The summed E-state index contributed by atoms with van der Waals surface area (Å²) in [6.45, 7) is 6.35. The van der Waals surface area contributed by atoms with Crippen LogP contribution >= 0.6 is 0 Å². The van der Waals surface area contributed by atoms with Crippen molar-refractivity contribution in [3.63, 3.8) is 0 Å². The minimum absolute atomic E-state index is 0.277. The second kappa shape index (κ2) is 4.43. The van der Waals surface area contributed by atoms with Crippen LogP contribution in [-0.2, 0) is 4.79 Å². The lowest BCUT2D eigenvalue weighted by Crippen LogP contribution is -2.51. The van der Waals surface area contributed by atoms with Crippen molar-refractivity contribution in [1.82, 2.24) is 0 Å². The first-order valence-electron chi connectivity index (χ1n) is 5.76. The van der Waals surface area contributed by atoms with Gasteiger partial charge < -0.3 is 5.73 Å². The normalized spacial score (nSPS) is 33.4. The Labute approximate surface area is 87.2 Å². The van der Waals surface area contributed by atoms with Crippen molar-refractivity contribution in [3.8, 4) is 0 Å². The van der Waals surface area contributed by atoms with Crippen molar-refractivity contribution >= 4 is 5.78 Å². The average Bonchev–Trinajstić information content (AvgIpc) is 2.02. The molecular weight excluding hydrogens is 174 g/mol. The van der Waals surface area contributed by atoms with E-state index < -0.39 is 5.54 Å². The summed E-state index contributed by atoms with van der Waals surface area (Å²) < 4.78 is 0. The molecule has 82 valence electrons. The molecule has 0 aromatic heterocycles. The Hall–Kier alpha value is -0.370. The average molecular weight is 197 g/mol. The Bertz CT molecular complexity index is 212. The molecule has 1 aliphatic carbocycles. The van der Waals surface area contributed by atoms with Crippen molar-refractivity contribution in [2.75, 3.05) is 0 Å². The van der Waals surface area contributed by atoms with E-state index >= 15 is 0 Å². The SMILES string of the molecule is CC(C)CC(=O)C1(N)CCCC(C)C1. The van der Waals surface area contributed by atoms with Gasteiger partial charge in [0.15, 0.2) is 5.78 Å². The van der Waals surface area contributed by atoms with E-state index in [4.69, 9.17) is 5.73 Å². The zero-order valence-electron chi connectivity index (χ0n) is 9.68. The molecule has 0 radical (unpaired) electrons. The highest BCUT2D eigenvalue weighted by Gasteiger charge is 2.37. The predicted octanol–water partition coefficient (Wildman–Crippen LogP) is 2.51. The molecule has 14 heavy (non-hydrogen) atoms. The van der Waals surface area contributed by atoms with Crippen molar-refractivity contribution in [1.29, 1.82) is 0 Å². The summed E-state index contributed by atoms with van der Waals surface area (Å²) in [6, 6.07) is 0. The Morgan fingerprint density at radius 1 is 1.57 bits per heavy atom. The largest absolute Gasteiger partial charge is 0.319 e. The molecule has 1 aliphatic rings. The van der Waals surface area contributed by atoms with E-state index in [9.17, 15) is 4.79 Å². The van der Waals surface area contributed by atoms with Crippen LogP contribution in [0.15, 0.2) is 0 Å². The van der Waals surface area contributed by atoms with Crippen molar-refractivity contribution in [3.05, 3.63) is 0 Å². The third-order valence-electron chi connectivity index (χ3n) is 3.18. The van der Waals surface area contributed by atoms with E-state index in [0.717, 1.165) is 19.3 Å². The van der Waals surface area contributed by atoms with E-state index in [2.05, 4.69) is 20.8 Å². The van der Waals surface area contributed by atoms with Crippen molar-refractivity contribution in [2.45, 2.75) is 58.4 Å². The molecule has 0 saturated heterocycles. The van der Waals surface area contributed by atoms with Crippen LogP contribution in [0.5, 0.6) is 0 Å². The zero-order chi connectivity index (χ0) is 10.8. The number of hydrogen-bond donors (Lipinski definition) is 1. The summed E-state index contributed by atoms with van der Waals surface area (Å²) in [5.41, 5.74) is 5.69. The lowest BCUT2D eigenvalue weighted by atomic mass is 9.73. The van der Waals surface area contributed by atoms with Gasteiger partial charge in [-0.15, -0.1) is 0 Å². The fourth-order valence-corrected chi connectivity index (χ4v) is 2.42. The molecular formula is C12H23NO. The first-order valence-corrected chi connectivity index (χ1v) is 5.76. The van der Waals surface area contributed by atoms with Crippen LogP contribution < -0.4 is 5.73 Å². The smallest absolute Gasteiger partial charge is 0.152 e. The summed E-state index contributed by atoms with van der Waals surface area (Å²) in [5.74, 6) is 1.32. The van der Waals surface area contributed by atoms with E-state index in [1.54, 1.807) is 0 Å². The highest BCUT2D eigenvalue weighted by Crippen LogP contribution is 2.32. The first-order chi connectivity index (χ1) is 6.44. The van der Waals surface area contributed by atoms with Crippen molar-refractivity contribution in [2.24, 2.45) is 17.6 Å². The van der Waals surface area contributed by atoms with Gasteiger partial charge in [-0.25, -0.2) is 0 Å². The van der Waals surface area contributed by atoms with Gasteiger partial charge in [-0.2, -0.15) is 0 Å².